The van der Waals surface area contributed by atoms with Crippen molar-refractivity contribution < 1.29 is 9.53 Å². The molecule has 0 aliphatic carbocycles. The summed E-state index contributed by atoms with van der Waals surface area (Å²) < 4.78 is 7.27. The van der Waals surface area contributed by atoms with Crippen molar-refractivity contribution in [3.8, 4) is 16.9 Å². The zero-order chi connectivity index (χ0) is 17.1. The number of hydrogen-bond acceptors (Lipinski definition) is 2. The smallest absolute Gasteiger partial charge is 0.270 e. The number of nitrogens with zero attached hydrogens (tertiary/aromatic N) is 2. The summed E-state index contributed by atoms with van der Waals surface area (Å²) in [6.07, 6.45) is 4.27. The third-order valence-electron chi connectivity index (χ3n) is 4.95. The molecule has 0 atom stereocenters. The summed E-state index contributed by atoms with van der Waals surface area (Å²) in [4.78, 5) is 14.9. The van der Waals surface area contributed by atoms with Gasteiger partial charge in [0.15, 0.2) is 0 Å². The minimum absolute atomic E-state index is 0.156. The standard InChI is InChI=1S/C20H26N2O2/c1-4-21-14-17(16-5-7-18(24-3)8-6-16)13-19(21)20(23)22-11-9-15(2)10-12-22/h5-8,13-15H,4,9-12H2,1-3H3. The second-order valence-corrected chi connectivity index (χ2v) is 6.60. The minimum Gasteiger partial charge on any atom is -0.497 e. The molecule has 0 radical (unpaired) electrons. The number of ether oxygens (including phenoxy) is 1. The van der Waals surface area contributed by atoms with Crippen molar-refractivity contribution >= 4 is 5.91 Å². The molecule has 0 unspecified atom stereocenters. The van der Waals surface area contributed by atoms with E-state index in [2.05, 4.69) is 24.6 Å². The molecule has 128 valence electrons. The van der Waals surface area contributed by atoms with Crippen molar-refractivity contribution in [2.45, 2.75) is 33.2 Å². The van der Waals surface area contributed by atoms with Crippen LogP contribution in [0.25, 0.3) is 11.1 Å². The van der Waals surface area contributed by atoms with E-state index in [0.29, 0.717) is 0 Å². The highest BCUT2D eigenvalue weighted by Crippen LogP contribution is 2.26. The molecule has 1 aromatic heterocycles. The lowest BCUT2D eigenvalue weighted by Gasteiger charge is -2.30. The monoisotopic (exact) mass is 326 g/mol. The van der Waals surface area contributed by atoms with E-state index in [1.807, 2.05) is 35.2 Å². The predicted molar refractivity (Wildman–Crippen MR) is 96.4 cm³/mol. The molecule has 1 saturated heterocycles. The van der Waals surface area contributed by atoms with E-state index in [9.17, 15) is 4.79 Å². The van der Waals surface area contributed by atoms with Crippen LogP contribution in [0.5, 0.6) is 5.75 Å². The first-order valence-corrected chi connectivity index (χ1v) is 8.76. The van der Waals surface area contributed by atoms with Crippen molar-refractivity contribution in [2.24, 2.45) is 5.92 Å². The second-order valence-electron chi connectivity index (χ2n) is 6.60. The highest BCUT2D eigenvalue weighted by molar-refractivity contribution is 5.94. The maximum Gasteiger partial charge on any atom is 0.270 e. The fourth-order valence-corrected chi connectivity index (χ4v) is 3.27. The summed E-state index contributed by atoms with van der Waals surface area (Å²) in [5.41, 5.74) is 2.97. The molecule has 1 amide bonds. The highest BCUT2D eigenvalue weighted by Gasteiger charge is 2.24. The first-order valence-electron chi connectivity index (χ1n) is 8.76. The maximum atomic E-state index is 12.9. The van der Waals surface area contributed by atoms with Crippen LogP contribution in [0.4, 0.5) is 0 Å². The predicted octanol–water partition coefficient (Wildman–Crippen LogP) is 4.06. The van der Waals surface area contributed by atoms with Gasteiger partial charge in [-0.1, -0.05) is 19.1 Å². The number of carbonyl (C=O) groups excluding carboxylic acids is 1. The number of aromatic nitrogens is 1. The van der Waals surface area contributed by atoms with Crippen molar-refractivity contribution in [3.63, 3.8) is 0 Å². The van der Waals surface area contributed by atoms with Crippen LogP contribution in [0.2, 0.25) is 0 Å². The number of rotatable bonds is 4. The first-order chi connectivity index (χ1) is 11.6. The lowest BCUT2D eigenvalue weighted by Crippen LogP contribution is -2.38. The summed E-state index contributed by atoms with van der Waals surface area (Å²) in [6, 6.07) is 9.99. The zero-order valence-corrected chi connectivity index (χ0v) is 14.8. The van der Waals surface area contributed by atoms with E-state index in [4.69, 9.17) is 4.74 Å². The molecule has 1 aliphatic rings. The fourth-order valence-electron chi connectivity index (χ4n) is 3.27. The molecule has 2 heterocycles. The molecule has 1 aliphatic heterocycles. The highest BCUT2D eigenvalue weighted by atomic mass is 16.5. The molecule has 1 aromatic carbocycles. The number of amides is 1. The van der Waals surface area contributed by atoms with Crippen LogP contribution in [-0.2, 0) is 6.54 Å². The van der Waals surface area contributed by atoms with E-state index in [1.54, 1.807) is 7.11 Å². The van der Waals surface area contributed by atoms with E-state index < -0.39 is 0 Å². The number of likely N-dealkylation sites (tertiary alicyclic amines) is 1. The number of benzene rings is 1. The van der Waals surface area contributed by atoms with Crippen molar-refractivity contribution in [1.29, 1.82) is 0 Å². The molecule has 3 rings (SSSR count). The second kappa shape index (κ2) is 7.12. The van der Waals surface area contributed by atoms with Crippen molar-refractivity contribution in [1.82, 2.24) is 9.47 Å². The molecular weight excluding hydrogens is 300 g/mol. The van der Waals surface area contributed by atoms with Gasteiger partial charge in [-0.15, -0.1) is 0 Å². The van der Waals surface area contributed by atoms with E-state index >= 15 is 0 Å². The molecular formula is C20H26N2O2. The third kappa shape index (κ3) is 3.32. The molecule has 24 heavy (non-hydrogen) atoms. The maximum absolute atomic E-state index is 12.9. The van der Waals surface area contributed by atoms with Crippen LogP contribution >= 0.6 is 0 Å². The average Bonchev–Trinajstić information content (AvgIpc) is 3.06. The number of carbonyl (C=O) groups is 1. The molecule has 2 aromatic rings. The Kier molecular flexibility index (Phi) is 4.93. The van der Waals surface area contributed by atoms with Crippen LogP contribution in [0.3, 0.4) is 0 Å². The quantitative estimate of drug-likeness (QED) is 0.849. The summed E-state index contributed by atoms with van der Waals surface area (Å²) in [5.74, 6) is 1.72. The average molecular weight is 326 g/mol. The molecule has 0 N–H and O–H groups in total. The van der Waals surface area contributed by atoms with Gasteiger partial charge in [0.2, 0.25) is 0 Å². The Hall–Kier alpha value is -2.23. The molecule has 0 saturated carbocycles. The Morgan fingerprint density at radius 3 is 2.42 bits per heavy atom. The Labute approximate surface area is 144 Å². The van der Waals surface area contributed by atoms with Gasteiger partial charge in [0, 0.05) is 31.4 Å². The van der Waals surface area contributed by atoms with Crippen molar-refractivity contribution in [3.05, 3.63) is 42.2 Å². The topological polar surface area (TPSA) is 34.5 Å². The van der Waals surface area contributed by atoms with Gasteiger partial charge in [0.25, 0.3) is 5.91 Å². The fraction of sp³-hybridized carbons (Fsp3) is 0.450. The van der Waals surface area contributed by atoms with Gasteiger partial charge in [-0.25, -0.2) is 0 Å². The third-order valence-corrected chi connectivity index (χ3v) is 4.95. The first kappa shape index (κ1) is 16.6. The number of piperidine rings is 1. The van der Waals surface area contributed by atoms with Crippen LogP contribution in [-0.4, -0.2) is 35.6 Å². The lowest BCUT2D eigenvalue weighted by molar-refractivity contribution is 0.0686. The molecule has 0 bridgehead atoms. The van der Waals surface area contributed by atoms with E-state index in [-0.39, 0.29) is 5.91 Å². The van der Waals surface area contributed by atoms with Gasteiger partial charge >= 0.3 is 0 Å². The summed E-state index contributed by atoms with van der Waals surface area (Å²) >= 11 is 0. The molecule has 4 heteroatoms. The van der Waals surface area contributed by atoms with Gasteiger partial charge < -0.3 is 14.2 Å². The van der Waals surface area contributed by atoms with Crippen LogP contribution in [0.15, 0.2) is 36.5 Å². The minimum atomic E-state index is 0.156. The molecule has 0 spiro atoms. The number of aryl methyl sites for hydroxylation is 1. The number of methoxy groups -OCH3 is 1. The largest absolute Gasteiger partial charge is 0.497 e. The lowest BCUT2D eigenvalue weighted by atomic mass is 9.99. The zero-order valence-electron chi connectivity index (χ0n) is 14.8. The van der Waals surface area contributed by atoms with Gasteiger partial charge in [-0.2, -0.15) is 0 Å². The molecule has 4 nitrogen and oxygen atoms in total. The SMILES string of the molecule is CCn1cc(-c2ccc(OC)cc2)cc1C(=O)N1CCC(C)CC1. The van der Waals surface area contributed by atoms with Gasteiger partial charge in [0.05, 0.1) is 7.11 Å². The van der Waals surface area contributed by atoms with E-state index in [1.165, 1.54) is 0 Å². The summed E-state index contributed by atoms with van der Waals surface area (Å²) in [5, 5.41) is 0. The van der Waals surface area contributed by atoms with Crippen LogP contribution in [0, 0.1) is 5.92 Å². The Balaban J connectivity index is 1.85. The van der Waals surface area contributed by atoms with Crippen LogP contribution in [0.1, 0.15) is 37.2 Å². The summed E-state index contributed by atoms with van der Waals surface area (Å²) in [6.45, 7) is 6.87. The molecule has 1 fully saturated rings. The van der Waals surface area contributed by atoms with E-state index in [0.717, 1.165) is 61.0 Å². The van der Waals surface area contributed by atoms with Crippen LogP contribution < -0.4 is 4.74 Å². The Bertz CT molecular complexity index is 695. The normalized spacial score (nSPS) is 15.5. The van der Waals surface area contributed by atoms with Gasteiger partial charge in [-0.3, -0.25) is 4.79 Å². The number of hydrogen-bond donors (Lipinski definition) is 0. The Morgan fingerprint density at radius 1 is 1.17 bits per heavy atom. The van der Waals surface area contributed by atoms with Crippen molar-refractivity contribution in [2.75, 3.05) is 20.2 Å². The van der Waals surface area contributed by atoms with Gasteiger partial charge in [-0.05, 0) is 49.4 Å². The Morgan fingerprint density at radius 2 is 1.83 bits per heavy atom. The summed E-state index contributed by atoms with van der Waals surface area (Å²) in [7, 11) is 1.67. The van der Waals surface area contributed by atoms with Gasteiger partial charge in [0.1, 0.15) is 11.4 Å².